The van der Waals surface area contributed by atoms with Crippen LogP contribution in [-0.2, 0) is 4.74 Å². The first kappa shape index (κ1) is 19.1. The minimum atomic E-state index is -0.517. The van der Waals surface area contributed by atoms with Gasteiger partial charge in [0.05, 0.1) is 7.11 Å². The summed E-state index contributed by atoms with van der Waals surface area (Å²) in [5.74, 6) is 0.893. The van der Waals surface area contributed by atoms with Crippen LogP contribution in [0.1, 0.15) is 46.2 Å². The van der Waals surface area contributed by atoms with Gasteiger partial charge in [-0.25, -0.2) is 4.79 Å². The summed E-state index contributed by atoms with van der Waals surface area (Å²) >= 11 is 0. The number of nitrogens with one attached hydrogen (secondary N) is 2. The largest absolute Gasteiger partial charge is 0.508 e. The van der Waals surface area contributed by atoms with Crippen LogP contribution in [-0.4, -0.2) is 36.5 Å². The average molecular weight is 324 g/mol. The maximum atomic E-state index is 11.7. The van der Waals surface area contributed by atoms with Gasteiger partial charge in [0.2, 0.25) is 0 Å². The van der Waals surface area contributed by atoms with Gasteiger partial charge in [-0.2, -0.15) is 0 Å². The van der Waals surface area contributed by atoms with Crippen LogP contribution in [0, 0.1) is 0 Å². The number of rotatable bonds is 6. The van der Waals surface area contributed by atoms with Gasteiger partial charge >= 0.3 is 6.09 Å². The summed E-state index contributed by atoms with van der Waals surface area (Å²) in [5, 5.41) is 16.0. The molecule has 6 nitrogen and oxygen atoms in total. The van der Waals surface area contributed by atoms with Crippen LogP contribution in [0.3, 0.4) is 0 Å². The summed E-state index contributed by atoms with van der Waals surface area (Å²) in [5.41, 5.74) is 0.227. The predicted octanol–water partition coefficient (Wildman–Crippen LogP) is 2.96. The van der Waals surface area contributed by atoms with Crippen molar-refractivity contribution in [2.45, 2.75) is 52.3 Å². The van der Waals surface area contributed by atoms with Crippen molar-refractivity contribution in [2.24, 2.45) is 0 Å². The first-order valence-electron chi connectivity index (χ1n) is 7.72. The fourth-order valence-corrected chi connectivity index (χ4v) is 2.03. The topological polar surface area (TPSA) is 79.8 Å². The third kappa shape index (κ3) is 6.78. The van der Waals surface area contributed by atoms with E-state index in [1.165, 1.54) is 0 Å². The molecule has 3 N–H and O–H groups in total. The van der Waals surface area contributed by atoms with E-state index >= 15 is 0 Å². The number of hydrogen-bond donors (Lipinski definition) is 3. The Balaban J connectivity index is 2.52. The highest BCUT2D eigenvalue weighted by atomic mass is 16.6. The van der Waals surface area contributed by atoms with Gasteiger partial charge in [-0.1, -0.05) is 0 Å². The summed E-state index contributed by atoms with van der Waals surface area (Å²) in [4.78, 5) is 11.7. The maximum Gasteiger partial charge on any atom is 0.407 e. The Hall–Kier alpha value is -1.95. The van der Waals surface area contributed by atoms with E-state index in [0.29, 0.717) is 12.3 Å². The van der Waals surface area contributed by atoms with E-state index in [4.69, 9.17) is 9.47 Å². The molecule has 0 fully saturated rings. The van der Waals surface area contributed by atoms with Crippen molar-refractivity contribution in [3.8, 4) is 11.5 Å². The normalized spacial score (nSPS) is 14.0. The van der Waals surface area contributed by atoms with E-state index in [2.05, 4.69) is 10.6 Å². The quantitative estimate of drug-likeness (QED) is 0.749. The molecule has 0 saturated heterocycles. The van der Waals surface area contributed by atoms with Gasteiger partial charge in [-0.05, 0) is 52.8 Å². The second kappa shape index (κ2) is 8.06. The molecule has 2 atom stereocenters. The van der Waals surface area contributed by atoms with Gasteiger partial charge in [-0.15, -0.1) is 0 Å². The number of alkyl carbamates (subject to hydrolysis) is 1. The zero-order valence-corrected chi connectivity index (χ0v) is 14.8. The Morgan fingerprint density at radius 2 is 1.96 bits per heavy atom. The van der Waals surface area contributed by atoms with Crippen LogP contribution >= 0.6 is 0 Å². The Kier molecular flexibility index (Phi) is 6.69. The van der Waals surface area contributed by atoms with Crippen LogP contribution in [0.15, 0.2) is 18.2 Å². The summed E-state index contributed by atoms with van der Waals surface area (Å²) in [6, 6.07) is 4.90. The second-order valence-electron chi connectivity index (χ2n) is 6.60. The van der Waals surface area contributed by atoms with Crippen molar-refractivity contribution in [2.75, 3.05) is 13.7 Å². The highest BCUT2D eigenvalue weighted by molar-refractivity contribution is 5.68. The minimum Gasteiger partial charge on any atom is -0.508 e. The maximum absolute atomic E-state index is 11.7. The molecule has 0 bridgehead atoms. The Labute approximate surface area is 138 Å². The number of carbonyl (C=O) groups is 1. The summed E-state index contributed by atoms with van der Waals surface area (Å²) in [6.45, 7) is 9.83. The summed E-state index contributed by atoms with van der Waals surface area (Å²) < 4.78 is 10.4. The van der Waals surface area contributed by atoms with Crippen molar-refractivity contribution in [3.05, 3.63) is 23.8 Å². The minimum absolute atomic E-state index is 0.0898. The highest BCUT2D eigenvalue weighted by Gasteiger charge is 2.18. The van der Waals surface area contributed by atoms with E-state index < -0.39 is 11.7 Å². The number of phenols is 1. The number of phenolic OH excluding ortho intramolecular Hbond substituents is 1. The lowest BCUT2D eigenvalue weighted by Gasteiger charge is -2.23. The fraction of sp³-hybridized carbons (Fsp3) is 0.588. The molecule has 0 heterocycles. The lowest BCUT2D eigenvalue weighted by atomic mass is 10.1. The molecule has 0 spiro atoms. The Morgan fingerprint density at radius 3 is 2.52 bits per heavy atom. The van der Waals surface area contributed by atoms with Crippen molar-refractivity contribution in [1.82, 2.24) is 10.6 Å². The number of amides is 1. The molecule has 1 rings (SSSR count). The summed E-state index contributed by atoms with van der Waals surface area (Å²) in [7, 11) is 1.58. The molecule has 0 aromatic heterocycles. The first-order chi connectivity index (χ1) is 10.6. The molecule has 1 aromatic carbocycles. The molecule has 130 valence electrons. The molecule has 1 amide bonds. The van der Waals surface area contributed by atoms with Gasteiger partial charge < -0.3 is 25.2 Å². The zero-order chi connectivity index (χ0) is 17.6. The van der Waals surface area contributed by atoms with Crippen molar-refractivity contribution in [1.29, 1.82) is 0 Å². The van der Waals surface area contributed by atoms with E-state index in [9.17, 15) is 9.90 Å². The monoisotopic (exact) mass is 324 g/mol. The lowest BCUT2D eigenvalue weighted by Crippen LogP contribution is -2.43. The zero-order valence-electron chi connectivity index (χ0n) is 14.8. The molecule has 0 radical (unpaired) electrons. The number of benzene rings is 1. The molecule has 2 unspecified atom stereocenters. The van der Waals surface area contributed by atoms with Crippen LogP contribution < -0.4 is 15.4 Å². The van der Waals surface area contributed by atoms with Gasteiger partial charge in [-0.3, -0.25) is 0 Å². The molecule has 6 heteroatoms. The SMILES string of the molecule is COc1ccc(O)c(C(C)NCC(C)NC(=O)OC(C)(C)C)c1. The standard InChI is InChI=1S/C17H28N2O4/c1-11(19-16(21)23-17(3,4)5)10-18-12(2)14-9-13(22-6)7-8-15(14)20/h7-9,11-12,18,20H,10H2,1-6H3,(H,19,21). The lowest BCUT2D eigenvalue weighted by molar-refractivity contribution is 0.0507. The van der Waals surface area contributed by atoms with Crippen molar-refractivity contribution in [3.63, 3.8) is 0 Å². The molecule has 23 heavy (non-hydrogen) atoms. The first-order valence-corrected chi connectivity index (χ1v) is 7.72. The molecular formula is C17H28N2O4. The molecule has 0 saturated carbocycles. The third-order valence-corrected chi connectivity index (χ3v) is 3.19. The van der Waals surface area contributed by atoms with E-state index in [0.717, 1.165) is 5.56 Å². The predicted molar refractivity (Wildman–Crippen MR) is 89.9 cm³/mol. The second-order valence-corrected chi connectivity index (χ2v) is 6.60. The van der Waals surface area contributed by atoms with Crippen molar-refractivity contribution < 1.29 is 19.4 Å². The Morgan fingerprint density at radius 1 is 1.30 bits per heavy atom. The van der Waals surface area contributed by atoms with Crippen LogP contribution in [0.25, 0.3) is 0 Å². The smallest absolute Gasteiger partial charge is 0.407 e. The van der Waals surface area contributed by atoms with Crippen LogP contribution in [0.4, 0.5) is 4.79 Å². The molecule has 0 aliphatic carbocycles. The van der Waals surface area contributed by atoms with Crippen LogP contribution in [0.5, 0.6) is 11.5 Å². The van der Waals surface area contributed by atoms with Gasteiger partial charge in [0.1, 0.15) is 17.1 Å². The van der Waals surface area contributed by atoms with E-state index in [1.807, 2.05) is 34.6 Å². The fourth-order valence-electron chi connectivity index (χ4n) is 2.03. The molecule has 1 aromatic rings. The van der Waals surface area contributed by atoms with Gasteiger partial charge in [0.15, 0.2) is 0 Å². The average Bonchev–Trinajstić information content (AvgIpc) is 2.43. The Bertz CT molecular complexity index is 526. The van der Waals surface area contributed by atoms with E-state index in [1.54, 1.807) is 25.3 Å². The number of ether oxygens (including phenoxy) is 2. The molecule has 0 aliphatic heterocycles. The molecular weight excluding hydrogens is 296 g/mol. The third-order valence-electron chi connectivity index (χ3n) is 3.19. The van der Waals surface area contributed by atoms with Crippen LogP contribution in [0.2, 0.25) is 0 Å². The number of carbonyl (C=O) groups excluding carboxylic acids is 1. The van der Waals surface area contributed by atoms with Gasteiger partial charge in [0, 0.05) is 24.2 Å². The number of aromatic hydroxyl groups is 1. The number of methoxy groups -OCH3 is 1. The number of hydrogen-bond acceptors (Lipinski definition) is 5. The van der Waals surface area contributed by atoms with E-state index in [-0.39, 0.29) is 17.8 Å². The highest BCUT2D eigenvalue weighted by Crippen LogP contribution is 2.28. The van der Waals surface area contributed by atoms with Gasteiger partial charge in [0.25, 0.3) is 0 Å². The van der Waals surface area contributed by atoms with Crippen molar-refractivity contribution >= 4 is 6.09 Å². The molecule has 0 aliphatic rings. The summed E-state index contributed by atoms with van der Waals surface area (Å²) in [6.07, 6.45) is -0.441.